The van der Waals surface area contributed by atoms with Crippen LogP contribution < -0.4 is 10.1 Å². The Balaban J connectivity index is 2.62. The van der Waals surface area contributed by atoms with Gasteiger partial charge in [0.05, 0.1) is 20.6 Å². The molecule has 0 saturated heterocycles. The Kier molecular flexibility index (Phi) is 5.17. The molecule has 18 heavy (non-hydrogen) atoms. The van der Waals surface area contributed by atoms with Gasteiger partial charge in [0, 0.05) is 5.56 Å². The van der Waals surface area contributed by atoms with Crippen LogP contribution in [0.4, 0.5) is 0 Å². The molecule has 0 spiro atoms. The Labute approximate surface area is 106 Å². The van der Waals surface area contributed by atoms with Gasteiger partial charge in [-0.1, -0.05) is 18.2 Å². The summed E-state index contributed by atoms with van der Waals surface area (Å²) >= 11 is 0. The predicted molar refractivity (Wildman–Crippen MR) is 66.3 cm³/mol. The average Bonchev–Trinajstić information content (AvgIpc) is 2.38. The molecule has 1 unspecified atom stereocenters. The molecule has 1 rings (SSSR count). The number of hydrogen-bond acceptors (Lipinski definition) is 4. The fraction of sp³-hybridized carbons (Fsp3) is 0.385. The van der Waals surface area contributed by atoms with Crippen LogP contribution in [-0.4, -0.2) is 32.1 Å². The lowest BCUT2D eigenvalue weighted by Gasteiger charge is -2.12. The number of benzene rings is 1. The van der Waals surface area contributed by atoms with Gasteiger partial charge < -0.3 is 14.8 Å². The zero-order valence-electron chi connectivity index (χ0n) is 10.7. The molecule has 1 N–H and O–H groups in total. The van der Waals surface area contributed by atoms with Crippen molar-refractivity contribution in [3.05, 3.63) is 29.8 Å². The van der Waals surface area contributed by atoms with Crippen LogP contribution in [0.3, 0.4) is 0 Å². The molecule has 1 amide bonds. The summed E-state index contributed by atoms with van der Waals surface area (Å²) in [6.07, 6.45) is 0.158. The van der Waals surface area contributed by atoms with Crippen molar-refractivity contribution >= 4 is 11.9 Å². The maximum absolute atomic E-state index is 11.7. The van der Waals surface area contributed by atoms with Crippen LogP contribution in [0.1, 0.15) is 12.5 Å². The zero-order valence-corrected chi connectivity index (χ0v) is 10.7. The summed E-state index contributed by atoms with van der Waals surface area (Å²) in [7, 11) is 2.83. The zero-order chi connectivity index (χ0) is 13.5. The van der Waals surface area contributed by atoms with Gasteiger partial charge in [-0.05, 0) is 13.0 Å². The Hall–Kier alpha value is -2.04. The number of methoxy groups -OCH3 is 2. The minimum Gasteiger partial charge on any atom is -0.496 e. The molecule has 0 radical (unpaired) electrons. The smallest absolute Gasteiger partial charge is 0.328 e. The Bertz CT molecular complexity index is 431. The average molecular weight is 251 g/mol. The third kappa shape index (κ3) is 3.76. The van der Waals surface area contributed by atoms with E-state index in [9.17, 15) is 9.59 Å². The number of amides is 1. The van der Waals surface area contributed by atoms with Crippen molar-refractivity contribution in [1.29, 1.82) is 0 Å². The van der Waals surface area contributed by atoms with E-state index < -0.39 is 12.0 Å². The van der Waals surface area contributed by atoms with E-state index in [0.29, 0.717) is 5.75 Å². The topological polar surface area (TPSA) is 64.6 Å². The number of esters is 1. The van der Waals surface area contributed by atoms with E-state index in [1.165, 1.54) is 7.11 Å². The van der Waals surface area contributed by atoms with Crippen LogP contribution in [0.25, 0.3) is 0 Å². The van der Waals surface area contributed by atoms with Crippen molar-refractivity contribution in [3.63, 3.8) is 0 Å². The Morgan fingerprint density at radius 2 is 1.94 bits per heavy atom. The van der Waals surface area contributed by atoms with Gasteiger partial charge in [0.25, 0.3) is 0 Å². The van der Waals surface area contributed by atoms with E-state index in [0.717, 1.165) is 5.56 Å². The first kappa shape index (κ1) is 14.0. The van der Waals surface area contributed by atoms with E-state index in [1.807, 2.05) is 12.1 Å². The normalized spacial score (nSPS) is 11.5. The molecule has 1 aromatic rings. The maximum atomic E-state index is 11.7. The van der Waals surface area contributed by atoms with Gasteiger partial charge >= 0.3 is 5.97 Å². The van der Waals surface area contributed by atoms with Crippen molar-refractivity contribution in [2.24, 2.45) is 0 Å². The van der Waals surface area contributed by atoms with Crippen LogP contribution >= 0.6 is 0 Å². The van der Waals surface area contributed by atoms with E-state index in [-0.39, 0.29) is 12.3 Å². The van der Waals surface area contributed by atoms with Gasteiger partial charge in [0.1, 0.15) is 11.8 Å². The molecule has 0 aromatic heterocycles. The lowest BCUT2D eigenvalue weighted by atomic mass is 10.1. The van der Waals surface area contributed by atoms with Crippen LogP contribution in [-0.2, 0) is 20.7 Å². The number of para-hydroxylation sites is 1. The molecule has 5 nitrogen and oxygen atoms in total. The summed E-state index contributed by atoms with van der Waals surface area (Å²) in [6, 6.07) is 6.59. The maximum Gasteiger partial charge on any atom is 0.328 e. The molecule has 1 atom stereocenters. The standard InChI is InChI=1S/C13H17NO4/c1-9(13(16)18-3)14-12(15)8-10-6-4-5-7-11(10)17-2/h4-7,9H,8H2,1-3H3,(H,14,15). The number of hydrogen-bond donors (Lipinski definition) is 1. The fourth-order valence-electron chi connectivity index (χ4n) is 1.55. The first-order valence-electron chi connectivity index (χ1n) is 5.57. The number of nitrogens with one attached hydrogen (secondary N) is 1. The molecular formula is C13H17NO4. The van der Waals surface area contributed by atoms with Crippen molar-refractivity contribution in [1.82, 2.24) is 5.32 Å². The molecule has 5 heteroatoms. The van der Waals surface area contributed by atoms with Crippen molar-refractivity contribution in [2.45, 2.75) is 19.4 Å². The third-order valence-electron chi connectivity index (χ3n) is 2.48. The van der Waals surface area contributed by atoms with Crippen molar-refractivity contribution < 1.29 is 19.1 Å². The second kappa shape index (κ2) is 6.64. The Morgan fingerprint density at radius 3 is 2.56 bits per heavy atom. The minimum atomic E-state index is -0.655. The number of ether oxygens (including phenoxy) is 2. The van der Waals surface area contributed by atoms with Gasteiger partial charge in [-0.25, -0.2) is 4.79 Å². The lowest BCUT2D eigenvalue weighted by molar-refractivity contribution is -0.144. The molecule has 0 heterocycles. The highest BCUT2D eigenvalue weighted by molar-refractivity contribution is 5.85. The molecule has 1 aromatic carbocycles. The molecule has 0 aliphatic rings. The van der Waals surface area contributed by atoms with E-state index in [2.05, 4.69) is 10.1 Å². The van der Waals surface area contributed by atoms with E-state index in [4.69, 9.17) is 4.74 Å². The van der Waals surface area contributed by atoms with Crippen molar-refractivity contribution in [3.8, 4) is 5.75 Å². The highest BCUT2D eigenvalue weighted by atomic mass is 16.5. The predicted octanol–water partition coefficient (Wildman–Crippen LogP) is 0.915. The van der Waals surface area contributed by atoms with Gasteiger partial charge in [-0.15, -0.1) is 0 Å². The molecule has 98 valence electrons. The first-order valence-corrected chi connectivity index (χ1v) is 5.57. The highest BCUT2D eigenvalue weighted by Crippen LogP contribution is 2.17. The number of rotatable bonds is 5. The van der Waals surface area contributed by atoms with Crippen molar-refractivity contribution in [2.75, 3.05) is 14.2 Å². The van der Waals surface area contributed by atoms with Gasteiger partial charge in [-0.3, -0.25) is 4.79 Å². The summed E-state index contributed by atoms with van der Waals surface area (Å²) in [6.45, 7) is 1.58. The molecule has 0 fully saturated rings. The quantitative estimate of drug-likeness (QED) is 0.790. The molecular weight excluding hydrogens is 234 g/mol. The van der Waals surface area contributed by atoms with Crippen LogP contribution in [0, 0.1) is 0 Å². The largest absolute Gasteiger partial charge is 0.496 e. The van der Waals surface area contributed by atoms with Crippen LogP contribution in [0.2, 0.25) is 0 Å². The fourth-order valence-corrected chi connectivity index (χ4v) is 1.55. The second-order valence-corrected chi connectivity index (χ2v) is 3.80. The molecule has 0 aliphatic carbocycles. The summed E-state index contributed by atoms with van der Waals surface area (Å²) in [5.74, 6) is -0.0702. The summed E-state index contributed by atoms with van der Waals surface area (Å²) in [5, 5.41) is 2.56. The van der Waals surface area contributed by atoms with Gasteiger partial charge in [0.15, 0.2) is 0 Å². The SMILES string of the molecule is COC(=O)C(C)NC(=O)Cc1ccccc1OC. The molecule has 0 saturated carbocycles. The lowest BCUT2D eigenvalue weighted by Crippen LogP contribution is -2.39. The monoisotopic (exact) mass is 251 g/mol. The van der Waals surface area contributed by atoms with Gasteiger partial charge in [-0.2, -0.15) is 0 Å². The second-order valence-electron chi connectivity index (χ2n) is 3.80. The third-order valence-corrected chi connectivity index (χ3v) is 2.48. The summed E-state index contributed by atoms with van der Waals surface area (Å²) in [5.41, 5.74) is 0.773. The number of carbonyl (C=O) groups is 2. The highest BCUT2D eigenvalue weighted by Gasteiger charge is 2.16. The number of carbonyl (C=O) groups excluding carboxylic acids is 2. The van der Waals surface area contributed by atoms with E-state index in [1.54, 1.807) is 26.2 Å². The first-order chi connectivity index (χ1) is 8.58. The minimum absolute atomic E-state index is 0.158. The molecule has 0 aliphatic heterocycles. The van der Waals surface area contributed by atoms with Gasteiger partial charge in [0.2, 0.25) is 5.91 Å². The van der Waals surface area contributed by atoms with Crippen LogP contribution in [0.15, 0.2) is 24.3 Å². The summed E-state index contributed by atoms with van der Waals surface area (Å²) < 4.78 is 9.68. The molecule has 0 bridgehead atoms. The Morgan fingerprint density at radius 1 is 1.28 bits per heavy atom. The van der Waals surface area contributed by atoms with Crippen LogP contribution in [0.5, 0.6) is 5.75 Å². The van der Waals surface area contributed by atoms with E-state index >= 15 is 0 Å². The summed E-state index contributed by atoms with van der Waals surface area (Å²) in [4.78, 5) is 22.9.